The molecular formula is C18H27N5O3S. The lowest BCUT2D eigenvalue weighted by Crippen LogP contribution is -2.30. The maximum Gasteiger partial charge on any atom is 0.203 e. The van der Waals surface area contributed by atoms with Gasteiger partial charge in [0.1, 0.15) is 0 Å². The Morgan fingerprint density at radius 1 is 1.15 bits per heavy atom. The van der Waals surface area contributed by atoms with Crippen LogP contribution in [0.1, 0.15) is 12.6 Å². The second-order valence-corrected chi connectivity index (χ2v) is 6.59. The second-order valence-electron chi connectivity index (χ2n) is 5.75. The summed E-state index contributed by atoms with van der Waals surface area (Å²) in [5.41, 5.74) is 1.70. The Morgan fingerprint density at radius 2 is 1.81 bits per heavy atom. The number of benzene rings is 1. The van der Waals surface area contributed by atoms with Gasteiger partial charge in [0.25, 0.3) is 0 Å². The van der Waals surface area contributed by atoms with Gasteiger partial charge in [0, 0.05) is 43.8 Å². The molecule has 0 amide bonds. The third-order valence-electron chi connectivity index (χ3n) is 3.59. The molecule has 0 fully saturated rings. The zero-order chi connectivity index (χ0) is 19.8. The minimum absolute atomic E-state index is 0.476. The first kappa shape index (κ1) is 20.6. The fourth-order valence-corrected chi connectivity index (χ4v) is 3.08. The Morgan fingerprint density at radius 3 is 2.30 bits per heavy atom. The summed E-state index contributed by atoms with van der Waals surface area (Å²) in [7, 11) is 8.70. The van der Waals surface area contributed by atoms with Crippen LogP contribution in [0.15, 0.2) is 22.5 Å². The number of ether oxygens (including phenoxy) is 3. The topological polar surface area (TPSA) is 80.2 Å². The highest BCUT2D eigenvalue weighted by Gasteiger charge is 2.14. The number of aliphatic imine (C=N–C) groups is 1. The summed E-state index contributed by atoms with van der Waals surface area (Å²) in [6, 6.07) is 3.67. The average Bonchev–Trinajstić information content (AvgIpc) is 3.14. The molecule has 0 saturated carbocycles. The summed E-state index contributed by atoms with van der Waals surface area (Å²) >= 11 is 1.60. The lowest BCUT2D eigenvalue weighted by Gasteiger charge is -2.16. The molecule has 148 valence electrons. The van der Waals surface area contributed by atoms with Gasteiger partial charge in [-0.05, 0) is 6.92 Å². The van der Waals surface area contributed by atoms with Crippen LogP contribution < -0.4 is 29.7 Å². The average molecular weight is 394 g/mol. The highest BCUT2D eigenvalue weighted by molar-refractivity contribution is 7.13. The summed E-state index contributed by atoms with van der Waals surface area (Å²) < 4.78 is 16.2. The summed E-state index contributed by atoms with van der Waals surface area (Å²) in [4.78, 5) is 11.1. The molecule has 2 rings (SSSR count). The van der Waals surface area contributed by atoms with E-state index in [4.69, 9.17) is 14.2 Å². The summed E-state index contributed by atoms with van der Waals surface area (Å²) in [5.74, 6) is 2.34. The molecule has 0 unspecified atom stereocenters. The first-order valence-corrected chi connectivity index (χ1v) is 9.37. The van der Waals surface area contributed by atoms with Gasteiger partial charge in [-0.15, -0.1) is 11.3 Å². The third kappa shape index (κ3) is 5.40. The molecule has 1 aromatic heterocycles. The van der Waals surface area contributed by atoms with E-state index in [1.54, 1.807) is 32.7 Å². The summed E-state index contributed by atoms with van der Waals surface area (Å²) in [6.45, 7) is 3.22. The van der Waals surface area contributed by atoms with E-state index in [0.29, 0.717) is 29.8 Å². The molecule has 0 atom stereocenters. The Balaban J connectivity index is 2.21. The van der Waals surface area contributed by atoms with E-state index in [2.05, 4.69) is 20.6 Å². The van der Waals surface area contributed by atoms with Gasteiger partial charge in [0.2, 0.25) is 5.75 Å². The highest BCUT2D eigenvalue weighted by atomic mass is 32.1. The molecule has 2 N–H and O–H groups in total. The molecule has 0 aliphatic rings. The van der Waals surface area contributed by atoms with Crippen LogP contribution in [0.2, 0.25) is 0 Å². The number of anilines is 2. The number of nitrogens with one attached hydrogen (secondary N) is 2. The number of aromatic nitrogens is 1. The Hall–Kier alpha value is -2.68. The number of hydrogen-bond acceptors (Lipinski definition) is 7. The van der Waals surface area contributed by atoms with Crippen molar-refractivity contribution in [3.8, 4) is 17.2 Å². The van der Waals surface area contributed by atoms with Crippen molar-refractivity contribution in [2.45, 2.75) is 13.5 Å². The van der Waals surface area contributed by atoms with Gasteiger partial charge in [0.05, 0.1) is 33.6 Å². The fourth-order valence-electron chi connectivity index (χ4n) is 2.33. The molecule has 9 heteroatoms. The minimum atomic E-state index is 0.476. The van der Waals surface area contributed by atoms with Crippen LogP contribution in [0.3, 0.4) is 0 Å². The van der Waals surface area contributed by atoms with E-state index < -0.39 is 0 Å². The number of methoxy groups -OCH3 is 3. The molecule has 0 aliphatic heterocycles. The van der Waals surface area contributed by atoms with Crippen molar-refractivity contribution in [2.75, 3.05) is 52.2 Å². The largest absolute Gasteiger partial charge is 0.493 e. The molecule has 0 bridgehead atoms. The lowest BCUT2D eigenvalue weighted by atomic mass is 10.2. The number of rotatable bonds is 8. The van der Waals surface area contributed by atoms with Gasteiger partial charge in [-0.3, -0.25) is 0 Å². The van der Waals surface area contributed by atoms with Crippen LogP contribution in [0, 0.1) is 0 Å². The second kappa shape index (κ2) is 9.86. The van der Waals surface area contributed by atoms with Gasteiger partial charge in [-0.2, -0.15) is 0 Å². The van der Waals surface area contributed by atoms with Crippen molar-refractivity contribution >= 4 is 28.1 Å². The molecule has 0 saturated heterocycles. The highest BCUT2D eigenvalue weighted by Crippen LogP contribution is 2.39. The van der Waals surface area contributed by atoms with Crippen LogP contribution >= 0.6 is 11.3 Å². The molecule has 1 heterocycles. The maximum atomic E-state index is 5.40. The van der Waals surface area contributed by atoms with Gasteiger partial charge in [-0.25, -0.2) is 9.98 Å². The van der Waals surface area contributed by atoms with Crippen LogP contribution in [0.4, 0.5) is 10.8 Å². The number of nitrogens with zero attached hydrogens (tertiary/aromatic N) is 3. The van der Waals surface area contributed by atoms with E-state index in [1.807, 2.05) is 43.4 Å². The van der Waals surface area contributed by atoms with Crippen molar-refractivity contribution in [3.05, 3.63) is 23.2 Å². The Bertz CT molecular complexity index is 751. The smallest absolute Gasteiger partial charge is 0.203 e. The predicted octanol–water partition coefficient (Wildman–Crippen LogP) is 2.81. The van der Waals surface area contributed by atoms with Crippen molar-refractivity contribution in [2.24, 2.45) is 4.99 Å². The van der Waals surface area contributed by atoms with Crippen LogP contribution in [0.5, 0.6) is 17.2 Å². The zero-order valence-corrected chi connectivity index (χ0v) is 17.4. The van der Waals surface area contributed by atoms with E-state index >= 15 is 0 Å². The normalized spacial score (nSPS) is 11.1. The van der Waals surface area contributed by atoms with Crippen molar-refractivity contribution in [3.63, 3.8) is 0 Å². The molecular weight excluding hydrogens is 366 g/mol. The quantitative estimate of drug-likeness (QED) is 0.527. The van der Waals surface area contributed by atoms with Gasteiger partial charge in [-0.1, -0.05) is 0 Å². The number of hydrogen-bond donors (Lipinski definition) is 2. The third-order valence-corrected chi connectivity index (χ3v) is 4.65. The summed E-state index contributed by atoms with van der Waals surface area (Å²) in [6.07, 6.45) is 0. The predicted molar refractivity (Wildman–Crippen MR) is 111 cm³/mol. The van der Waals surface area contributed by atoms with Gasteiger partial charge < -0.3 is 29.7 Å². The number of guanidine groups is 1. The first-order valence-electron chi connectivity index (χ1n) is 8.49. The Labute approximate surface area is 164 Å². The van der Waals surface area contributed by atoms with Gasteiger partial charge in [0.15, 0.2) is 22.6 Å². The standard InChI is InChI=1S/C18H27N5O3S/c1-7-19-17(20-10-13-11-27-18(22-13)23(2)3)21-12-8-14(24-4)16(26-6)15(9-12)25-5/h8-9,11H,7,10H2,1-6H3,(H2,19,20,21). The zero-order valence-electron chi connectivity index (χ0n) is 16.6. The van der Waals surface area contributed by atoms with Crippen LogP contribution in [-0.4, -0.2) is 52.9 Å². The van der Waals surface area contributed by atoms with E-state index in [1.165, 1.54) is 0 Å². The fraction of sp³-hybridized carbons (Fsp3) is 0.444. The van der Waals surface area contributed by atoms with Crippen molar-refractivity contribution in [1.29, 1.82) is 0 Å². The molecule has 27 heavy (non-hydrogen) atoms. The minimum Gasteiger partial charge on any atom is -0.493 e. The molecule has 2 aromatic rings. The van der Waals surface area contributed by atoms with Gasteiger partial charge >= 0.3 is 0 Å². The summed E-state index contributed by atoms with van der Waals surface area (Å²) in [5, 5.41) is 9.47. The molecule has 0 aliphatic carbocycles. The molecule has 0 radical (unpaired) electrons. The number of thiazole rings is 1. The van der Waals surface area contributed by atoms with E-state index in [9.17, 15) is 0 Å². The monoisotopic (exact) mass is 393 g/mol. The molecule has 1 aromatic carbocycles. The van der Waals surface area contributed by atoms with Crippen molar-refractivity contribution in [1.82, 2.24) is 10.3 Å². The Kier molecular flexibility index (Phi) is 7.54. The van der Waals surface area contributed by atoms with E-state index in [0.717, 1.165) is 23.1 Å². The van der Waals surface area contributed by atoms with Crippen LogP contribution in [-0.2, 0) is 6.54 Å². The maximum absolute atomic E-state index is 5.40. The first-order chi connectivity index (χ1) is 13.0. The lowest BCUT2D eigenvalue weighted by molar-refractivity contribution is 0.324. The molecule has 8 nitrogen and oxygen atoms in total. The SMILES string of the molecule is CCNC(=NCc1csc(N(C)C)n1)Nc1cc(OC)c(OC)c(OC)c1. The molecule has 0 spiro atoms. The van der Waals surface area contributed by atoms with Crippen LogP contribution in [0.25, 0.3) is 0 Å². The van der Waals surface area contributed by atoms with E-state index in [-0.39, 0.29) is 0 Å². The van der Waals surface area contributed by atoms with Crippen molar-refractivity contribution < 1.29 is 14.2 Å².